The van der Waals surface area contributed by atoms with Crippen LogP contribution >= 0.6 is 0 Å². The van der Waals surface area contributed by atoms with Gasteiger partial charge in [-0.05, 0) is 32.8 Å². The van der Waals surface area contributed by atoms with Gasteiger partial charge in [-0.2, -0.15) is 23.4 Å². The number of aromatic nitrogens is 4. The van der Waals surface area contributed by atoms with Crippen LogP contribution in [0.3, 0.4) is 0 Å². The molecule has 0 fully saturated rings. The molecule has 0 aliphatic carbocycles. The van der Waals surface area contributed by atoms with Crippen LogP contribution < -0.4 is 4.72 Å². The number of nitrogens with zero attached hydrogens (tertiary/aromatic N) is 4. The first-order chi connectivity index (χ1) is 11.9. The molecule has 1 atom stereocenters. The summed E-state index contributed by atoms with van der Waals surface area (Å²) in [6, 6.07) is 0.972. The summed E-state index contributed by atoms with van der Waals surface area (Å²) in [5, 5.41) is 7.66. The molecule has 0 bridgehead atoms. The van der Waals surface area contributed by atoms with Crippen molar-refractivity contribution in [2.24, 2.45) is 5.92 Å². The minimum atomic E-state index is -4.50. The van der Waals surface area contributed by atoms with Gasteiger partial charge in [0.05, 0.1) is 5.69 Å². The second kappa shape index (κ2) is 7.39. The van der Waals surface area contributed by atoms with E-state index >= 15 is 0 Å². The number of sulfonamides is 1. The molecule has 2 aromatic heterocycles. The van der Waals surface area contributed by atoms with Gasteiger partial charge in [0.2, 0.25) is 10.0 Å². The summed E-state index contributed by atoms with van der Waals surface area (Å²) in [6.45, 7) is 7.50. The molecular weight excluding hydrogens is 371 g/mol. The van der Waals surface area contributed by atoms with Gasteiger partial charge in [0, 0.05) is 31.5 Å². The van der Waals surface area contributed by atoms with Crippen molar-refractivity contribution in [1.29, 1.82) is 0 Å². The lowest BCUT2D eigenvalue weighted by molar-refractivity contribution is -0.141. The Morgan fingerprint density at radius 3 is 2.42 bits per heavy atom. The Bertz CT molecular complexity index is 870. The van der Waals surface area contributed by atoms with E-state index in [0.717, 1.165) is 6.07 Å². The molecule has 2 heterocycles. The molecule has 11 heteroatoms. The van der Waals surface area contributed by atoms with Gasteiger partial charge in [-0.1, -0.05) is 6.92 Å². The molecule has 2 aromatic rings. The van der Waals surface area contributed by atoms with E-state index in [1.54, 1.807) is 13.8 Å². The SMILES string of the molecule is CCn1cc(S(=O)(=O)NC[C@H](C)Cn2nc(C(F)(F)F)cc2C)c(C)n1. The standard InChI is InChI=1S/C15H22F3N5O2S/c1-5-22-9-13(12(4)20-22)26(24,25)19-7-10(2)8-23-11(3)6-14(21-23)15(16,17)18/h6,9-10,19H,5,7-8H2,1-4H3/t10-/m0/s1. The van der Waals surface area contributed by atoms with Crippen molar-refractivity contribution in [3.8, 4) is 0 Å². The monoisotopic (exact) mass is 393 g/mol. The van der Waals surface area contributed by atoms with Gasteiger partial charge in [0.1, 0.15) is 4.90 Å². The molecule has 0 aliphatic heterocycles. The van der Waals surface area contributed by atoms with Crippen molar-refractivity contribution >= 4 is 10.0 Å². The van der Waals surface area contributed by atoms with Gasteiger partial charge in [-0.15, -0.1) is 0 Å². The van der Waals surface area contributed by atoms with Crippen molar-refractivity contribution in [2.75, 3.05) is 6.54 Å². The van der Waals surface area contributed by atoms with E-state index in [-0.39, 0.29) is 23.9 Å². The number of alkyl halides is 3. The smallest absolute Gasteiger partial charge is 0.271 e. The van der Waals surface area contributed by atoms with Gasteiger partial charge in [-0.3, -0.25) is 9.36 Å². The summed E-state index contributed by atoms with van der Waals surface area (Å²) in [4.78, 5) is 0.0983. The van der Waals surface area contributed by atoms with Gasteiger partial charge < -0.3 is 0 Å². The maximum absolute atomic E-state index is 12.7. The summed E-state index contributed by atoms with van der Waals surface area (Å²) in [5.41, 5.74) is -0.192. The molecule has 2 rings (SSSR count). The average molecular weight is 393 g/mol. The van der Waals surface area contributed by atoms with Crippen LogP contribution in [0.2, 0.25) is 0 Å². The molecule has 146 valence electrons. The minimum Gasteiger partial charge on any atom is -0.271 e. The van der Waals surface area contributed by atoms with Crippen LogP contribution in [0.4, 0.5) is 13.2 Å². The van der Waals surface area contributed by atoms with E-state index in [9.17, 15) is 21.6 Å². The second-order valence-corrected chi connectivity index (χ2v) is 7.98. The Balaban J connectivity index is 2.03. The number of hydrogen-bond donors (Lipinski definition) is 1. The molecule has 0 unspecified atom stereocenters. The number of halogens is 3. The Morgan fingerprint density at radius 2 is 1.92 bits per heavy atom. The van der Waals surface area contributed by atoms with E-state index in [4.69, 9.17) is 0 Å². The van der Waals surface area contributed by atoms with Gasteiger partial charge in [0.25, 0.3) is 0 Å². The van der Waals surface area contributed by atoms with Crippen LogP contribution in [0, 0.1) is 19.8 Å². The molecule has 0 aromatic carbocycles. The van der Waals surface area contributed by atoms with E-state index in [2.05, 4.69) is 14.9 Å². The van der Waals surface area contributed by atoms with Crippen molar-refractivity contribution in [2.45, 2.75) is 51.9 Å². The van der Waals surface area contributed by atoms with E-state index in [0.29, 0.717) is 17.9 Å². The van der Waals surface area contributed by atoms with E-state index in [1.807, 2.05) is 6.92 Å². The second-order valence-electron chi connectivity index (χ2n) is 6.24. The first kappa shape index (κ1) is 20.4. The first-order valence-electron chi connectivity index (χ1n) is 8.09. The molecule has 0 saturated carbocycles. The van der Waals surface area contributed by atoms with E-state index < -0.39 is 21.9 Å². The van der Waals surface area contributed by atoms with Crippen LogP contribution in [0.15, 0.2) is 17.2 Å². The Morgan fingerprint density at radius 1 is 1.27 bits per heavy atom. The highest BCUT2D eigenvalue weighted by Crippen LogP contribution is 2.28. The fourth-order valence-electron chi connectivity index (χ4n) is 2.45. The summed E-state index contributed by atoms with van der Waals surface area (Å²) < 4.78 is 68.2. The van der Waals surface area contributed by atoms with Gasteiger partial charge in [0.15, 0.2) is 5.69 Å². The van der Waals surface area contributed by atoms with Crippen molar-refractivity contribution < 1.29 is 21.6 Å². The largest absolute Gasteiger partial charge is 0.435 e. The fraction of sp³-hybridized carbons (Fsp3) is 0.600. The van der Waals surface area contributed by atoms with E-state index in [1.165, 1.54) is 22.5 Å². The third kappa shape index (κ3) is 4.64. The molecule has 0 spiro atoms. The topological polar surface area (TPSA) is 81.8 Å². The number of rotatable bonds is 7. The third-order valence-electron chi connectivity index (χ3n) is 3.89. The maximum atomic E-state index is 12.7. The zero-order valence-electron chi connectivity index (χ0n) is 15.0. The quantitative estimate of drug-likeness (QED) is 0.783. The normalized spacial score (nSPS) is 14.0. The average Bonchev–Trinajstić information content (AvgIpc) is 3.09. The number of nitrogens with one attached hydrogen (secondary N) is 1. The molecule has 1 N–H and O–H groups in total. The summed E-state index contributed by atoms with van der Waals surface area (Å²) in [7, 11) is -3.74. The highest BCUT2D eigenvalue weighted by atomic mass is 32.2. The number of hydrogen-bond acceptors (Lipinski definition) is 4. The van der Waals surface area contributed by atoms with Crippen molar-refractivity contribution in [3.63, 3.8) is 0 Å². The van der Waals surface area contributed by atoms with Crippen molar-refractivity contribution in [3.05, 3.63) is 29.3 Å². The lowest BCUT2D eigenvalue weighted by Crippen LogP contribution is -2.30. The van der Waals surface area contributed by atoms with Gasteiger partial charge >= 0.3 is 6.18 Å². The molecule has 0 amide bonds. The zero-order valence-corrected chi connectivity index (χ0v) is 15.8. The maximum Gasteiger partial charge on any atom is 0.435 e. The molecule has 0 aliphatic rings. The Labute approximate surface area is 150 Å². The fourth-order valence-corrected chi connectivity index (χ4v) is 3.80. The number of aryl methyl sites for hydroxylation is 3. The molecule has 7 nitrogen and oxygen atoms in total. The first-order valence-corrected chi connectivity index (χ1v) is 9.57. The minimum absolute atomic E-state index is 0.0692. The molecule has 0 radical (unpaired) electrons. The molecular formula is C15H22F3N5O2S. The third-order valence-corrected chi connectivity index (χ3v) is 5.42. The Kier molecular flexibility index (Phi) is 5.81. The van der Waals surface area contributed by atoms with Crippen LogP contribution in [0.25, 0.3) is 0 Å². The lowest BCUT2D eigenvalue weighted by Gasteiger charge is -2.14. The summed E-state index contributed by atoms with van der Waals surface area (Å²) >= 11 is 0. The molecule has 0 saturated heterocycles. The van der Waals surface area contributed by atoms with Crippen LogP contribution in [0.5, 0.6) is 0 Å². The summed E-state index contributed by atoms with van der Waals surface area (Å²) in [6.07, 6.45) is -3.05. The predicted molar refractivity (Wildman–Crippen MR) is 89.0 cm³/mol. The highest BCUT2D eigenvalue weighted by molar-refractivity contribution is 7.89. The van der Waals surface area contributed by atoms with Crippen LogP contribution in [0.1, 0.15) is 30.9 Å². The predicted octanol–water partition coefficient (Wildman–Crippen LogP) is 2.35. The van der Waals surface area contributed by atoms with Crippen molar-refractivity contribution in [1.82, 2.24) is 24.3 Å². The lowest BCUT2D eigenvalue weighted by atomic mass is 10.2. The van der Waals surface area contributed by atoms with Crippen LogP contribution in [-0.4, -0.2) is 34.5 Å². The zero-order chi connectivity index (χ0) is 19.7. The van der Waals surface area contributed by atoms with Crippen LogP contribution in [-0.2, 0) is 29.3 Å². The molecule has 26 heavy (non-hydrogen) atoms. The summed E-state index contributed by atoms with van der Waals surface area (Å²) in [5.74, 6) is -0.258. The highest BCUT2D eigenvalue weighted by Gasteiger charge is 2.34. The Hall–Kier alpha value is -1.88. The van der Waals surface area contributed by atoms with Gasteiger partial charge in [-0.25, -0.2) is 13.1 Å².